The van der Waals surface area contributed by atoms with Crippen molar-refractivity contribution in [2.24, 2.45) is 0 Å². The van der Waals surface area contributed by atoms with Gasteiger partial charge in [0, 0.05) is 12.6 Å². The van der Waals surface area contributed by atoms with Crippen molar-refractivity contribution in [3.8, 4) is 0 Å². The van der Waals surface area contributed by atoms with Gasteiger partial charge in [0.25, 0.3) is 5.91 Å². The summed E-state index contributed by atoms with van der Waals surface area (Å²) in [5.41, 5.74) is 0.572. The normalized spacial score (nSPS) is 15.6. The molecule has 2 aromatic rings. The van der Waals surface area contributed by atoms with E-state index in [9.17, 15) is 13.6 Å². The minimum absolute atomic E-state index is 0.0315. The van der Waals surface area contributed by atoms with Gasteiger partial charge in [-0.25, -0.2) is 13.5 Å². The highest BCUT2D eigenvalue weighted by Crippen LogP contribution is 2.27. The summed E-state index contributed by atoms with van der Waals surface area (Å²) in [5, 5.41) is 10.5. The molecular formula is C16H18F2N4O. The average molecular weight is 320 g/mol. The lowest BCUT2D eigenvalue weighted by Gasteiger charge is -2.20. The van der Waals surface area contributed by atoms with Crippen LogP contribution in [0.25, 0.3) is 0 Å². The second-order valence-corrected chi connectivity index (χ2v) is 5.84. The fourth-order valence-corrected chi connectivity index (χ4v) is 2.89. The molecule has 23 heavy (non-hydrogen) atoms. The maximum atomic E-state index is 13.1. The lowest BCUT2D eigenvalue weighted by molar-refractivity contribution is 0.0945. The quantitative estimate of drug-likeness (QED) is 0.942. The highest BCUT2D eigenvalue weighted by Gasteiger charge is 2.18. The first-order chi connectivity index (χ1) is 11.1. The van der Waals surface area contributed by atoms with Crippen LogP contribution in [0.2, 0.25) is 0 Å². The number of amides is 1. The fourth-order valence-electron chi connectivity index (χ4n) is 2.89. The maximum absolute atomic E-state index is 13.1. The Balaban J connectivity index is 1.61. The van der Waals surface area contributed by atoms with Crippen LogP contribution in [-0.4, -0.2) is 20.9 Å². The molecule has 122 valence electrons. The molecule has 5 nitrogen and oxygen atoms in total. The van der Waals surface area contributed by atoms with E-state index in [0.29, 0.717) is 11.6 Å². The highest BCUT2D eigenvalue weighted by molar-refractivity contribution is 5.91. The predicted octanol–water partition coefficient (Wildman–Crippen LogP) is 2.99. The van der Waals surface area contributed by atoms with Gasteiger partial charge in [0.1, 0.15) is 11.6 Å². The van der Waals surface area contributed by atoms with Crippen molar-refractivity contribution < 1.29 is 13.6 Å². The Morgan fingerprint density at radius 1 is 1.17 bits per heavy atom. The third-order valence-corrected chi connectivity index (χ3v) is 4.07. The molecule has 3 rings (SSSR count). The number of hydrogen-bond donors (Lipinski definition) is 1. The molecule has 0 unspecified atom stereocenters. The van der Waals surface area contributed by atoms with Crippen LogP contribution in [0.5, 0.6) is 0 Å². The van der Waals surface area contributed by atoms with Crippen LogP contribution in [0, 0.1) is 11.6 Å². The molecule has 0 radical (unpaired) electrons. The molecule has 1 heterocycles. The van der Waals surface area contributed by atoms with Gasteiger partial charge in [-0.1, -0.05) is 24.5 Å². The van der Waals surface area contributed by atoms with Crippen molar-refractivity contribution in [3.05, 3.63) is 47.3 Å². The Hall–Kier alpha value is -2.31. The zero-order chi connectivity index (χ0) is 16.2. The molecule has 1 aliphatic rings. The first-order valence-electron chi connectivity index (χ1n) is 7.77. The second-order valence-electron chi connectivity index (χ2n) is 5.84. The molecule has 1 aromatic carbocycles. The van der Waals surface area contributed by atoms with Gasteiger partial charge in [-0.05, 0) is 30.5 Å². The molecule has 1 N–H and O–H groups in total. The van der Waals surface area contributed by atoms with Crippen LogP contribution < -0.4 is 5.32 Å². The Labute approximate surface area is 132 Å². The average Bonchev–Trinajstić information content (AvgIpc) is 3.03. The van der Waals surface area contributed by atoms with Crippen LogP contribution in [0.1, 0.15) is 54.2 Å². The first-order valence-corrected chi connectivity index (χ1v) is 7.77. The smallest absolute Gasteiger partial charge is 0.273 e. The summed E-state index contributed by atoms with van der Waals surface area (Å²) >= 11 is 0. The van der Waals surface area contributed by atoms with Crippen LogP contribution in [0.4, 0.5) is 8.78 Å². The first kappa shape index (κ1) is 15.6. The van der Waals surface area contributed by atoms with Gasteiger partial charge in [-0.15, -0.1) is 5.10 Å². The number of nitrogens with one attached hydrogen (secondary N) is 1. The van der Waals surface area contributed by atoms with Crippen molar-refractivity contribution in [3.63, 3.8) is 0 Å². The Bertz CT molecular complexity index is 675. The Morgan fingerprint density at radius 3 is 2.57 bits per heavy atom. The van der Waals surface area contributed by atoms with Gasteiger partial charge in [-0.2, -0.15) is 0 Å². The van der Waals surface area contributed by atoms with E-state index in [0.717, 1.165) is 31.7 Å². The van der Waals surface area contributed by atoms with E-state index in [1.165, 1.54) is 18.6 Å². The third kappa shape index (κ3) is 3.91. The summed E-state index contributed by atoms with van der Waals surface area (Å²) < 4.78 is 28.0. The minimum Gasteiger partial charge on any atom is -0.347 e. The monoisotopic (exact) mass is 320 g/mol. The van der Waals surface area contributed by atoms with Gasteiger partial charge >= 0.3 is 0 Å². The summed E-state index contributed by atoms with van der Waals surface area (Å²) in [6.07, 6.45) is 7.30. The Morgan fingerprint density at radius 2 is 1.87 bits per heavy atom. The number of carbonyl (C=O) groups excluding carboxylic acids is 1. The molecule has 0 bridgehead atoms. The molecule has 1 saturated carbocycles. The molecule has 7 heteroatoms. The standard InChI is InChI=1S/C16H18F2N4O/c17-12-6-11(7-13(18)8-12)9-19-16(23)15-10-22(21-20-15)14-4-2-1-3-5-14/h6-8,10,14H,1-5,9H2,(H,19,23). The SMILES string of the molecule is O=C(NCc1cc(F)cc(F)c1)c1cn(C2CCCCC2)nn1. The van der Waals surface area contributed by atoms with Crippen molar-refractivity contribution in [1.82, 2.24) is 20.3 Å². The lowest BCUT2D eigenvalue weighted by Crippen LogP contribution is -2.23. The molecule has 0 spiro atoms. The molecule has 0 aliphatic heterocycles. The summed E-state index contributed by atoms with van der Waals surface area (Å²) in [7, 11) is 0. The fraction of sp³-hybridized carbons (Fsp3) is 0.438. The van der Waals surface area contributed by atoms with E-state index >= 15 is 0 Å². The van der Waals surface area contributed by atoms with Crippen molar-refractivity contribution in [1.29, 1.82) is 0 Å². The van der Waals surface area contributed by atoms with Crippen LogP contribution in [0.3, 0.4) is 0 Å². The molecule has 0 atom stereocenters. The summed E-state index contributed by atoms with van der Waals surface area (Å²) in [4.78, 5) is 12.1. The second kappa shape index (κ2) is 6.85. The molecule has 1 amide bonds. The van der Waals surface area contributed by atoms with E-state index in [-0.39, 0.29) is 12.2 Å². The van der Waals surface area contributed by atoms with Gasteiger partial charge in [-0.3, -0.25) is 4.79 Å². The molecular weight excluding hydrogens is 302 g/mol. The number of halogens is 2. The van der Waals surface area contributed by atoms with Gasteiger partial charge in [0.15, 0.2) is 5.69 Å². The number of nitrogens with zero attached hydrogens (tertiary/aromatic N) is 3. The highest BCUT2D eigenvalue weighted by atomic mass is 19.1. The Kier molecular flexibility index (Phi) is 4.64. The lowest BCUT2D eigenvalue weighted by atomic mass is 9.96. The summed E-state index contributed by atoms with van der Waals surface area (Å²) in [5.74, 6) is -1.74. The van der Waals surface area contributed by atoms with Gasteiger partial charge < -0.3 is 5.32 Å². The molecule has 1 aliphatic carbocycles. The van der Waals surface area contributed by atoms with E-state index in [1.807, 2.05) is 0 Å². The largest absolute Gasteiger partial charge is 0.347 e. The van der Waals surface area contributed by atoms with E-state index in [1.54, 1.807) is 10.9 Å². The number of benzene rings is 1. The van der Waals surface area contributed by atoms with Crippen molar-refractivity contribution in [2.45, 2.75) is 44.7 Å². The minimum atomic E-state index is -0.669. The number of carbonyl (C=O) groups is 1. The third-order valence-electron chi connectivity index (χ3n) is 4.07. The maximum Gasteiger partial charge on any atom is 0.273 e. The summed E-state index contributed by atoms with van der Waals surface area (Å²) in [6.45, 7) is 0.0315. The van der Waals surface area contributed by atoms with Crippen molar-refractivity contribution >= 4 is 5.91 Å². The number of hydrogen-bond acceptors (Lipinski definition) is 3. The topological polar surface area (TPSA) is 59.8 Å². The number of aromatic nitrogens is 3. The van der Waals surface area contributed by atoms with E-state index in [2.05, 4.69) is 15.6 Å². The zero-order valence-corrected chi connectivity index (χ0v) is 12.6. The number of rotatable bonds is 4. The van der Waals surface area contributed by atoms with Crippen LogP contribution >= 0.6 is 0 Å². The molecule has 1 aromatic heterocycles. The zero-order valence-electron chi connectivity index (χ0n) is 12.6. The van der Waals surface area contributed by atoms with Gasteiger partial charge in [0.2, 0.25) is 0 Å². The molecule has 0 saturated heterocycles. The van der Waals surface area contributed by atoms with E-state index in [4.69, 9.17) is 0 Å². The van der Waals surface area contributed by atoms with Crippen LogP contribution in [-0.2, 0) is 6.54 Å². The van der Waals surface area contributed by atoms with Crippen molar-refractivity contribution in [2.75, 3.05) is 0 Å². The predicted molar refractivity (Wildman–Crippen MR) is 79.7 cm³/mol. The van der Waals surface area contributed by atoms with E-state index < -0.39 is 17.5 Å². The van der Waals surface area contributed by atoms with Crippen LogP contribution in [0.15, 0.2) is 24.4 Å². The molecule has 1 fully saturated rings. The summed E-state index contributed by atoms with van der Waals surface area (Å²) in [6, 6.07) is 3.46. The van der Waals surface area contributed by atoms with Gasteiger partial charge in [0.05, 0.1) is 12.2 Å².